The summed E-state index contributed by atoms with van der Waals surface area (Å²) in [6.07, 6.45) is 4.75. The van der Waals surface area contributed by atoms with Gasteiger partial charge in [0.1, 0.15) is 5.75 Å². The van der Waals surface area contributed by atoms with E-state index in [1.807, 2.05) is 24.3 Å². The van der Waals surface area contributed by atoms with E-state index in [0.29, 0.717) is 0 Å². The molecular formula is C16H22O3. The van der Waals surface area contributed by atoms with Crippen LogP contribution in [-0.4, -0.2) is 17.7 Å². The van der Waals surface area contributed by atoms with Gasteiger partial charge in [-0.05, 0) is 36.1 Å². The molecule has 0 saturated heterocycles. The number of hydrogen-bond acceptors (Lipinski definition) is 2. The molecule has 1 aromatic carbocycles. The third-order valence-corrected chi connectivity index (χ3v) is 2.74. The molecule has 1 aromatic rings. The van der Waals surface area contributed by atoms with Crippen LogP contribution in [0.5, 0.6) is 5.75 Å². The number of hydrogen-bond donors (Lipinski definition) is 1. The van der Waals surface area contributed by atoms with E-state index >= 15 is 0 Å². The molecule has 0 amide bonds. The molecule has 0 heterocycles. The number of allylic oxidation sites excluding steroid dienone is 1. The van der Waals surface area contributed by atoms with Crippen LogP contribution in [0.2, 0.25) is 0 Å². The van der Waals surface area contributed by atoms with Gasteiger partial charge in [0.25, 0.3) is 0 Å². The summed E-state index contributed by atoms with van der Waals surface area (Å²) < 4.78 is 5.53. The van der Waals surface area contributed by atoms with Gasteiger partial charge in [0.2, 0.25) is 0 Å². The molecule has 0 saturated carbocycles. The van der Waals surface area contributed by atoms with Crippen molar-refractivity contribution < 1.29 is 14.6 Å². The number of carbonyl (C=O) groups is 1. The Bertz CT molecular complexity index is 418. The van der Waals surface area contributed by atoms with E-state index in [4.69, 9.17) is 9.84 Å². The van der Waals surface area contributed by atoms with Gasteiger partial charge in [-0.15, -0.1) is 0 Å². The summed E-state index contributed by atoms with van der Waals surface area (Å²) in [5.41, 5.74) is 2.17. The van der Waals surface area contributed by atoms with Crippen LogP contribution in [0, 0.1) is 0 Å². The standard InChI is InChI=1S/C16H22O3/c1-3-5-13(8-11-16(17)18)14-6-9-15(10-7-14)19-12-4-2/h6-10H,3-5,11-12H2,1-2H3,(H,17,18)/b13-8+. The van der Waals surface area contributed by atoms with Gasteiger partial charge in [0.15, 0.2) is 0 Å². The fourth-order valence-corrected chi connectivity index (χ4v) is 1.83. The predicted molar refractivity (Wildman–Crippen MR) is 77.4 cm³/mol. The maximum absolute atomic E-state index is 10.6. The van der Waals surface area contributed by atoms with Crippen molar-refractivity contribution in [2.24, 2.45) is 0 Å². The van der Waals surface area contributed by atoms with E-state index in [1.165, 1.54) is 0 Å². The van der Waals surface area contributed by atoms with Crippen molar-refractivity contribution in [3.05, 3.63) is 35.9 Å². The number of carboxylic acid groups (broad SMARTS) is 1. The van der Waals surface area contributed by atoms with E-state index < -0.39 is 5.97 Å². The zero-order chi connectivity index (χ0) is 14.1. The molecule has 0 atom stereocenters. The van der Waals surface area contributed by atoms with Gasteiger partial charge in [-0.25, -0.2) is 0 Å². The second-order valence-electron chi connectivity index (χ2n) is 4.45. The van der Waals surface area contributed by atoms with Crippen LogP contribution >= 0.6 is 0 Å². The van der Waals surface area contributed by atoms with Crippen LogP contribution in [0.3, 0.4) is 0 Å². The van der Waals surface area contributed by atoms with E-state index in [9.17, 15) is 4.79 Å². The lowest BCUT2D eigenvalue weighted by Crippen LogP contribution is -1.95. The smallest absolute Gasteiger partial charge is 0.307 e. The summed E-state index contributed by atoms with van der Waals surface area (Å²) in [7, 11) is 0. The van der Waals surface area contributed by atoms with E-state index in [1.54, 1.807) is 6.08 Å². The summed E-state index contributed by atoms with van der Waals surface area (Å²) in [5, 5.41) is 8.75. The van der Waals surface area contributed by atoms with Crippen molar-refractivity contribution in [2.75, 3.05) is 6.61 Å². The Morgan fingerprint density at radius 3 is 2.42 bits per heavy atom. The van der Waals surface area contributed by atoms with Gasteiger partial charge in [-0.1, -0.05) is 38.5 Å². The number of rotatable bonds is 8. The maximum atomic E-state index is 10.6. The van der Waals surface area contributed by atoms with Gasteiger partial charge < -0.3 is 9.84 Å². The molecule has 0 fully saturated rings. The molecule has 0 aliphatic rings. The van der Waals surface area contributed by atoms with Crippen LogP contribution in [-0.2, 0) is 4.79 Å². The highest BCUT2D eigenvalue weighted by molar-refractivity contribution is 5.74. The molecule has 0 aromatic heterocycles. The molecule has 0 bridgehead atoms. The minimum absolute atomic E-state index is 0.0728. The lowest BCUT2D eigenvalue weighted by molar-refractivity contribution is -0.135. The molecule has 19 heavy (non-hydrogen) atoms. The minimum Gasteiger partial charge on any atom is -0.494 e. The fraction of sp³-hybridized carbons (Fsp3) is 0.438. The summed E-state index contributed by atoms with van der Waals surface area (Å²) in [5.74, 6) is 0.0659. The average Bonchev–Trinajstić information content (AvgIpc) is 2.41. The van der Waals surface area contributed by atoms with Gasteiger partial charge in [0.05, 0.1) is 13.0 Å². The Balaban J connectivity index is 2.79. The van der Waals surface area contributed by atoms with Gasteiger partial charge in [0, 0.05) is 0 Å². The number of aliphatic carboxylic acids is 1. The Morgan fingerprint density at radius 2 is 1.89 bits per heavy atom. The molecule has 3 heteroatoms. The highest BCUT2D eigenvalue weighted by atomic mass is 16.5. The minimum atomic E-state index is -0.795. The Labute approximate surface area is 114 Å². The molecule has 104 valence electrons. The Kier molecular flexibility index (Phi) is 6.72. The van der Waals surface area contributed by atoms with E-state index in [-0.39, 0.29) is 6.42 Å². The zero-order valence-electron chi connectivity index (χ0n) is 11.7. The summed E-state index contributed by atoms with van der Waals surface area (Å²) in [6, 6.07) is 7.87. The highest BCUT2D eigenvalue weighted by Crippen LogP contribution is 2.23. The topological polar surface area (TPSA) is 46.5 Å². The first-order valence-electron chi connectivity index (χ1n) is 6.81. The summed E-state index contributed by atoms with van der Waals surface area (Å²) >= 11 is 0. The molecule has 0 aliphatic carbocycles. The molecule has 0 radical (unpaired) electrons. The molecule has 1 rings (SSSR count). The third-order valence-electron chi connectivity index (χ3n) is 2.74. The first-order chi connectivity index (χ1) is 9.17. The lowest BCUT2D eigenvalue weighted by Gasteiger charge is -2.09. The molecule has 0 spiro atoms. The normalized spacial score (nSPS) is 11.4. The summed E-state index contributed by atoms with van der Waals surface area (Å²) in [4.78, 5) is 10.6. The monoisotopic (exact) mass is 262 g/mol. The van der Waals surface area contributed by atoms with Crippen LogP contribution in [0.15, 0.2) is 30.3 Å². The van der Waals surface area contributed by atoms with Crippen molar-refractivity contribution >= 4 is 11.5 Å². The molecule has 0 unspecified atom stereocenters. The molecular weight excluding hydrogens is 240 g/mol. The van der Waals surface area contributed by atoms with Crippen LogP contribution in [0.25, 0.3) is 5.57 Å². The number of ether oxygens (including phenoxy) is 1. The zero-order valence-corrected chi connectivity index (χ0v) is 11.7. The third kappa shape index (κ3) is 5.60. The van der Waals surface area contributed by atoms with Crippen molar-refractivity contribution in [1.82, 2.24) is 0 Å². The average molecular weight is 262 g/mol. The second kappa shape index (κ2) is 8.35. The SMILES string of the molecule is CCCOc1ccc(/C(=C/CC(=O)O)CCC)cc1. The second-order valence-corrected chi connectivity index (χ2v) is 4.45. The van der Waals surface area contributed by atoms with Crippen molar-refractivity contribution in [2.45, 2.75) is 39.5 Å². The number of carboxylic acids is 1. The Morgan fingerprint density at radius 1 is 1.21 bits per heavy atom. The van der Waals surface area contributed by atoms with Crippen LogP contribution < -0.4 is 4.74 Å². The fourth-order valence-electron chi connectivity index (χ4n) is 1.83. The van der Waals surface area contributed by atoms with Crippen molar-refractivity contribution in [1.29, 1.82) is 0 Å². The largest absolute Gasteiger partial charge is 0.494 e. The molecule has 1 N–H and O–H groups in total. The van der Waals surface area contributed by atoms with Crippen molar-refractivity contribution in [3.63, 3.8) is 0 Å². The van der Waals surface area contributed by atoms with Crippen LogP contribution in [0.4, 0.5) is 0 Å². The van der Waals surface area contributed by atoms with Gasteiger partial charge >= 0.3 is 5.97 Å². The van der Waals surface area contributed by atoms with Gasteiger partial charge in [-0.3, -0.25) is 4.79 Å². The van der Waals surface area contributed by atoms with Crippen LogP contribution in [0.1, 0.15) is 45.1 Å². The summed E-state index contributed by atoms with van der Waals surface area (Å²) in [6.45, 7) is 4.88. The van der Waals surface area contributed by atoms with E-state index in [0.717, 1.165) is 42.8 Å². The first kappa shape index (κ1) is 15.3. The predicted octanol–water partition coefficient (Wildman–Crippen LogP) is 4.13. The van der Waals surface area contributed by atoms with Gasteiger partial charge in [-0.2, -0.15) is 0 Å². The lowest BCUT2D eigenvalue weighted by atomic mass is 10.00. The van der Waals surface area contributed by atoms with Crippen molar-refractivity contribution in [3.8, 4) is 5.75 Å². The quantitative estimate of drug-likeness (QED) is 0.766. The molecule has 0 aliphatic heterocycles. The number of benzene rings is 1. The highest BCUT2D eigenvalue weighted by Gasteiger charge is 2.03. The Hall–Kier alpha value is -1.77. The maximum Gasteiger partial charge on any atom is 0.307 e. The molecule has 3 nitrogen and oxygen atoms in total. The first-order valence-corrected chi connectivity index (χ1v) is 6.81. The van der Waals surface area contributed by atoms with E-state index in [2.05, 4.69) is 13.8 Å².